The predicted octanol–water partition coefficient (Wildman–Crippen LogP) is 2.97. The number of thioether (sulfide) groups is 1. The van der Waals surface area contributed by atoms with Crippen LogP contribution in [0.1, 0.15) is 23.7 Å². The van der Waals surface area contributed by atoms with Gasteiger partial charge in [-0.05, 0) is 32.6 Å². The molecule has 0 aliphatic carbocycles. The minimum absolute atomic E-state index is 0.0412. The average Bonchev–Trinajstić information content (AvgIpc) is 2.37. The summed E-state index contributed by atoms with van der Waals surface area (Å²) in [6.07, 6.45) is 2.04. The van der Waals surface area contributed by atoms with Gasteiger partial charge in [0.15, 0.2) is 5.78 Å². The summed E-state index contributed by atoms with van der Waals surface area (Å²) in [4.78, 5) is 11.3. The van der Waals surface area contributed by atoms with Crippen LogP contribution in [-0.2, 0) is 11.8 Å². The van der Waals surface area contributed by atoms with Crippen LogP contribution in [0.15, 0.2) is 11.6 Å². The molecule has 0 amide bonds. The molecular weight excluding hydrogens is 206 g/mol. The maximum absolute atomic E-state index is 11.3. The Morgan fingerprint density at radius 3 is 2.27 bits per heavy atom. The zero-order valence-electron chi connectivity index (χ0n) is 9.97. The molecule has 0 aromatic carbocycles. The number of hydrogen-bond donors (Lipinski definition) is 0. The number of allylic oxidation sites excluding steroid dienone is 1. The summed E-state index contributed by atoms with van der Waals surface area (Å²) >= 11 is 1.70. The molecule has 1 aromatic heterocycles. The molecule has 0 saturated carbocycles. The molecule has 0 N–H and O–H groups in total. The van der Waals surface area contributed by atoms with Crippen molar-refractivity contribution in [2.75, 3.05) is 6.26 Å². The molecule has 0 fully saturated rings. The van der Waals surface area contributed by atoms with E-state index in [1.807, 2.05) is 27.2 Å². The second-order valence-electron chi connectivity index (χ2n) is 3.69. The Kier molecular flexibility index (Phi) is 3.45. The smallest absolute Gasteiger partial charge is 0.159 e. The van der Waals surface area contributed by atoms with Crippen molar-refractivity contribution in [3.63, 3.8) is 0 Å². The van der Waals surface area contributed by atoms with E-state index in [2.05, 4.69) is 11.1 Å². The lowest BCUT2D eigenvalue weighted by Gasteiger charge is -2.03. The molecule has 1 heterocycles. The number of ketones is 1. The molecule has 0 spiro atoms. The van der Waals surface area contributed by atoms with E-state index in [4.69, 9.17) is 0 Å². The van der Waals surface area contributed by atoms with E-state index in [0.29, 0.717) is 5.57 Å². The lowest BCUT2D eigenvalue weighted by Crippen LogP contribution is -1.98. The Morgan fingerprint density at radius 2 is 1.93 bits per heavy atom. The maximum Gasteiger partial charge on any atom is 0.159 e. The van der Waals surface area contributed by atoms with E-state index >= 15 is 0 Å². The number of nitrogens with zero attached hydrogens (tertiary/aromatic N) is 1. The molecule has 2 nitrogen and oxygen atoms in total. The van der Waals surface area contributed by atoms with E-state index in [9.17, 15) is 4.79 Å². The fourth-order valence-electron chi connectivity index (χ4n) is 1.86. The van der Waals surface area contributed by atoms with E-state index < -0.39 is 0 Å². The third-order valence-corrected chi connectivity index (χ3v) is 3.75. The highest BCUT2D eigenvalue weighted by Crippen LogP contribution is 2.32. The van der Waals surface area contributed by atoms with Crippen molar-refractivity contribution in [3.05, 3.63) is 23.4 Å². The third-order valence-electron chi connectivity index (χ3n) is 2.79. The first-order valence-corrected chi connectivity index (χ1v) is 6.04. The van der Waals surface area contributed by atoms with Gasteiger partial charge in [-0.15, -0.1) is 11.8 Å². The van der Waals surface area contributed by atoms with Gasteiger partial charge in [0.25, 0.3) is 0 Å². The number of carbonyl (C=O) groups is 1. The molecule has 0 radical (unpaired) electrons. The van der Waals surface area contributed by atoms with Gasteiger partial charge in [-0.3, -0.25) is 4.79 Å². The molecule has 0 atom stereocenters. The Morgan fingerprint density at radius 1 is 1.40 bits per heavy atom. The molecule has 3 heteroatoms. The normalized spacial score (nSPS) is 10.5. The highest BCUT2D eigenvalue weighted by molar-refractivity contribution is 7.98. The average molecular weight is 223 g/mol. The van der Waals surface area contributed by atoms with Gasteiger partial charge in [0.1, 0.15) is 0 Å². The Labute approximate surface area is 95.4 Å². The molecule has 0 aliphatic rings. The second-order valence-corrected chi connectivity index (χ2v) is 4.48. The molecule has 0 bridgehead atoms. The van der Waals surface area contributed by atoms with Crippen molar-refractivity contribution < 1.29 is 4.79 Å². The van der Waals surface area contributed by atoms with Crippen LogP contribution in [0.25, 0.3) is 5.57 Å². The second kappa shape index (κ2) is 4.27. The first-order valence-electron chi connectivity index (χ1n) is 4.81. The van der Waals surface area contributed by atoms with Crippen LogP contribution < -0.4 is 0 Å². The molecule has 1 rings (SSSR count). The molecular formula is C12H17NOS. The molecule has 15 heavy (non-hydrogen) atoms. The summed E-state index contributed by atoms with van der Waals surface area (Å²) < 4.78 is 2.11. The van der Waals surface area contributed by atoms with Crippen LogP contribution in [0.4, 0.5) is 0 Å². The van der Waals surface area contributed by atoms with Gasteiger partial charge in [-0.25, -0.2) is 0 Å². The summed E-state index contributed by atoms with van der Waals surface area (Å²) in [5.41, 5.74) is 3.88. The van der Waals surface area contributed by atoms with Crippen molar-refractivity contribution in [2.24, 2.45) is 7.05 Å². The molecule has 0 unspecified atom stereocenters. The third kappa shape index (κ3) is 1.88. The molecule has 0 saturated heterocycles. The predicted molar refractivity (Wildman–Crippen MR) is 66.4 cm³/mol. The van der Waals surface area contributed by atoms with Gasteiger partial charge in [-0.2, -0.15) is 0 Å². The standard InChI is InChI=1S/C12H17NOS/c1-7(10(4)14)11-8(2)12(15-6)13(5)9(11)3/h1H2,2-6H3. The summed E-state index contributed by atoms with van der Waals surface area (Å²) in [5, 5.41) is 1.20. The van der Waals surface area contributed by atoms with E-state index in [1.165, 1.54) is 5.03 Å². The van der Waals surface area contributed by atoms with Crippen molar-refractivity contribution >= 4 is 23.1 Å². The molecule has 1 aromatic rings. The first-order chi connectivity index (χ1) is 6.91. The monoisotopic (exact) mass is 223 g/mol. The van der Waals surface area contributed by atoms with E-state index in [0.717, 1.165) is 16.8 Å². The van der Waals surface area contributed by atoms with Crippen molar-refractivity contribution in [1.82, 2.24) is 4.57 Å². The Bertz CT molecular complexity index is 429. The largest absolute Gasteiger partial charge is 0.342 e. The Hall–Kier alpha value is -0.960. The number of aromatic nitrogens is 1. The number of carbonyl (C=O) groups excluding carboxylic acids is 1. The summed E-state index contributed by atoms with van der Waals surface area (Å²) in [6.45, 7) is 9.49. The highest BCUT2D eigenvalue weighted by Gasteiger charge is 2.18. The maximum atomic E-state index is 11.3. The van der Waals surface area contributed by atoms with Crippen molar-refractivity contribution in [2.45, 2.75) is 25.8 Å². The number of Topliss-reactive ketones (excluding diaryl/α,β-unsaturated/α-hetero) is 1. The summed E-state index contributed by atoms with van der Waals surface area (Å²) in [5.74, 6) is 0.0412. The Balaban J connectivity index is 3.43. The van der Waals surface area contributed by atoms with Crippen LogP contribution in [-0.4, -0.2) is 16.6 Å². The van der Waals surface area contributed by atoms with E-state index in [1.54, 1.807) is 18.7 Å². The van der Waals surface area contributed by atoms with Gasteiger partial charge < -0.3 is 4.57 Å². The van der Waals surface area contributed by atoms with Crippen LogP contribution in [0.3, 0.4) is 0 Å². The number of hydrogen-bond acceptors (Lipinski definition) is 2. The molecule has 0 aliphatic heterocycles. The lowest BCUT2D eigenvalue weighted by molar-refractivity contribution is -0.111. The van der Waals surface area contributed by atoms with Gasteiger partial charge >= 0.3 is 0 Å². The van der Waals surface area contributed by atoms with Gasteiger partial charge in [0, 0.05) is 23.9 Å². The highest BCUT2D eigenvalue weighted by atomic mass is 32.2. The zero-order chi connectivity index (χ0) is 11.7. The zero-order valence-corrected chi connectivity index (χ0v) is 10.8. The van der Waals surface area contributed by atoms with Gasteiger partial charge in [0.05, 0.1) is 5.03 Å². The summed E-state index contributed by atoms with van der Waals surface area (Å²) in [7, 11) is 2.02. The van der Waals surface area contributed by atoms with Crippen LogP contribution in [0.5, 0.6) is 0 Å². The summed E-state index contributed by atoms with van der Waals surface area (Å²) in [6, 6.07) is 0. The van der Waals surface area contributed by atoms with Crippen molar-refractivity contribution in [3.8, 4) is 0 Å². The van der Waals surface area contributed by atoms with E-state index in [-0.39, 0.29) is 5.78 Å². The first kappa shape index (κ1) is 12.1. The lowest BCUT2D eigenvalue weighted by atomic mass is 10.0. The van der Waals surface area contributed by atoms with Crippen molar-refractivity contribution in [1.29, 1.82) is 0 Å². The fourth-order valence-corrected chi connectivity index (χ4v) is 2.68. The van der Waals surface area contributed by atoms with Gasteiger partial charge in [0.2, 0.25) is 0 Å². The topological polar surface area (TPSA) is 22.0 Å². The number of rotatable bonds is 3. The fraction of sp³-hybridized carbons (Fsp3) is 0.417. The molecule has 82 valence electrons. The van der Waals surface area contributed by atoms with Crippen LogP contribution in [0.2, 0.25) is 0 Å². The quantitative estimate of drug-likeness (QED) is 0.580. The van der Waals surface area contributed by atoms with Gasteiger partial charge in [-0.1, -0.05) is 6.58 Å². The minimum atomic E-state index is 0.0412. The van der Waals surface area contributed by atoms with Crippen LogP contribution in [0, 0.1) is 13.8 Å². The SMILES string of the molecule is C=C(C(C)=O)c1c(C)c(SC)n(C)c1C. The van der Waals surface area contributed by atoms with Crippen LogP contribution >= 0.6 is 11.8 Å². The minimum Gasteiger partial charge on any atom is -0.342 e.